The van der Waals surface area contributed by atoms with E-state index in [0.29, 0.717) is 5.69 Å². The molecule has 0 bridgehead atoms. The SMILES string of the molecule is CC1(C)OCCn2c1nc(C(=O)NCc1ccc(-n3nccn3)cc1F)c(O)c2=O. The highest BCUT2D eigenvalue weighted by molar-refractivity contribution is 5.94. The fourth-order valence-electron chi connectivity index (χ4n) is 3.24. The van der Waals surface area contributed by atoms with Crippen LogP contribution in [0.15, 0.2) is 35.4 Å². The van der Waals surface area contributed by atoms with E-state index in [2.05, 4.69) is 20.5 Å². The predicted molar refractivity (Wildman–Crippen MR) is 102 cm³/mol. The molecule has 10 nitrogen and oxygen atoms in total. The summed E-state index contributed by atoms with van der Waals surface area (Å²) in [7, 11) is 0. The molecule has 3 heterocycles. The number of carbonyl (C=O) groups is 1. The number of ether oxygens (including phenoxy) is 1. The van der Waals surface area contributed by atoms with Crippen molar-refractivity contribution < 1.29 is 19.0 Å². The third-order valence-electron chi connectivity index (χ3n) is 4.80. The van der Waals surface area contributed by atoms with Crippen LogP contribution >= 0.6 is 0 Å². The number of aromatic hydroxyl groups is 1. The average Bonchev–Trinajstić information content (AvgIpc) is 3.24. The third kappa shape index (κ3) is 3.43. The number of rotatable bonds is 4. The minimum absolute atomic E-state index is 0.170. The summed E-state index contributed by atoms with van der Waals surface area (Å²) in [5.41, 5.74) is -1.41. The van der Waals surface area contributed by atoms with E-state index in [1.807, 2.05) is 0 Å². The Bertz CT molecular complexity index is 1170. The molecular weight excluding hydrogens is 395 g/mol. The lowest BCUT2D eigenvalue weighted by Crippen LogP contribution is -2.42. The van der Waals surface area contributed by atoms with Crippen LogP contribution < -0.4 is 10.9 Å². The molecule has 30 heavy (non-hydrogen) atoms. The molecule has 1 aliphatic heterocycles. The molecule has 0 saturated heterocycles. The molecule has 1 amide bonds. The van der Waals surface area contributed by atoms with E-state index in [4.69, 9.17) is 4.74 Å². The highest BCUT2D eigenvalue weighted by Crippen LogP contribution is 2.27. The zero-order valence-electron chi connectivity index (χ0n) is 16.3. The van der Waals surface area contributed by atoms with Crippen LogP contribution in [0.25, 0.3) is 5.69 Å². The van der Waals surface area contributed by atoms with Crippen molar-refractivity contribution in [1.82, 2.24) is 29.9 Å². The fourth-order valence-corrected chi connectivity index (χ4v) is 3.24. The minimum atomic E-state index is -0.900. The molecule has 11 heteroatoms. The van der Waals surface area contributed by atoms with Crippen molar-refractivity contribution in [3.63, 3.8) is 0 Å². The quantitative estimate of drug-likeness (QED) is 0.649. The van der Waals surface area contributed by atoms with Crippen LogP contribution in [0.3, 0.4) is 0 Å². The van der Waals surface area contributed by atoms with Crippen molar-refractivity contribution >= 4 is 5.91 Å². The molecule has 0 spiro atoms. The van der Waals surface area contributed by atoms with Crippen LogP contribution in [0, 0.1) is 5.82 Å². The number of amides is 1. The lowest BCUT2D eigenvalue weighted by Gasteiger charge is -2.32. The summed E-state index contributed by atoms with van der Waals surface area (Å²) in [5, 5.41) is 20.5. The van der Waals surface area contributed by atoms with E-state index >= 15 is 0 Å². The molecule has 2 N–H and O–H groups in total. The smallest absolute Gasteiger partial charge is 0.296 e. The normalized spacial score (nSPS) is 14.9. The predicted octanol–water partition coefficient (Wildman–Crippen LogP) is 0.864. The van der Waals surface area contributed by atoms with E-state index < -0.39 is 34.3 Å². The zero-order valence-corrected chi connectivity index (χ0v) is 16.3. The Balaban J connectivity index is 1.57. The number of fused-ring (bicyclic) bond motifs is 1. The van der Waals surface area contributed by atoms with Gasteiger partial charge in [-0.05, 0) is 19.9 Å². The molecule has 4 rings (SSSR count). The van der Waals surface area contributed by atoms with Crippen LogP contribution in [-0.4, -0.2) is 42.2 Å². The monoisotopic (exact) mass is 414 g/mol. The van der Waals surface area contributed by atoms with Gasteiger partial charge in [0.2, 0.25) is 5.75 Å². The van der Waals surface area contributed by atoms with Crippen molar-refractivity contribution in [2.24, 2.45) is 0 Å². The number of aromatic nitrogens is 5. The second kappa shape index (κ2) is 7.34. The van der Waals surface area contributed by atoms with Crippen LogP contribution in [0.5, 0.6) is 5.75 Å². The van der Waals surface area contributed by atoms with Gasteiger partial charge in [0.1, 0.15) is 17.2 Å². The van der Waals surface area contributed by atoms with Crippen molar-refractivity contribution in [1.29, 1.82) is 0 Å². The van der Waals surface area contributed by atoms with E-state index in [1.54, 1.807) is 19.9 Å². The number of carbonyl (C=O) groups excluding carboxylic acids is 1. The highest BCUT2D eigenvalue weighted by atomic mass is 19.1. The number of nitrogens with one attached hydrogen (secondary N) is 1. The lowest BCUT2D eigenvalue weighted by atomic mass is 10.1. The molecule has 0 fully saturated rings. The molecule has 1 aliphatic rings. The second-order valence-corrected chi connectivity index (χ2v) is 7.23. The molecule has 2 aromatic heterocycles. The van der Waals surface area contributed by atoms with Gasteiger partial charge in [-0.2, -0.15) is 15.0 Å². The van der Waals surface area contributed by atoms with Gasteiger partial charge < -0.3 is 15.2 Å². The molecule has 156 valence electrons. The minimum Gasteiger partial charge on any atom is -0.501 e. The maximum absolute atomic E-state index is 14.4. The van der Waals surface area contributed by atoms with Crippen molar-refractivity contribution in [2.45, 2.75) is 32.5 Å². The summed E-state index contributed by atoms with van der Waals surface area (Å²) < 4.78 is 21.3. The first-order chi connectivity index (χ1) is 14.3. The van der Waals surface area contributed by atoms with Gasteiger partial charge in [0.05, 0.1) is 31.2 Å². The number of benzene rings is 1. The summed E-state index contributed by atoms with van der Waals surface area (Å²) in [6.07, 6.45) is 2.94. The number of nitrogens with zero attached hydrogens (tertiary/aromatic N) is 5. The van der Waals surface area contributed by atoms with Gasteiger partial charge in [-0.15, -0.1) is 0 Å². The molecule has 0 radical (unpaired) electrons. The van der Waals surface area contributed by atoms with Crippen LogP contribution in [0.4, 0.5) is 4.39 Å². The molecule has 0 atom stereocenters. The topological polar surface area (TPSA) is 124 Å². The molecule has 1 aromatic carbocycles. The summed E-state index contributed by atoms with van der Waals surface area (Å²) >= 11 is 0. The van der Waals surface area contributed by atoms with E-state index in [1.165, 1.54) is 33.9 Å². The first kappa shape index (κ1) is 19.7. The lowest BCUT2D eigenvalue weighted by molar-refractivity contribution is -0.0566. The highest BCUT2D eigenvalue weighted by Gasteiger charge is 2.34. The van der Waals surface area contributed by atoms with Gasteiger partial charge in [0.15, 0.2) is 5.69 Å². The Morgan fingerprint density at radius 3 is 2.77 bits per heavy atom. The third-order valence-corrected chi connectivity index (χ3v) is 4.80. The Hall–Kier alpha value is -3.60. The standard InChI is InChI=1S/C19H19FN6O4/c1-19(2)18-24-14(15(27)17(29)25(18)7-8-30-19)16(28)21-10-11-3-4-12(9-13(11)20)26-22-5-6-23-26/h3-6,9,27H,7-8,10H2,1-2H3,(H,21,28). The van der Waals surface area contributed by atoms with Gasteiger partial charge in [-0.3, -0.25) is 14.2 Å². The zero-order chi connectivity index (χ0) is 21.5. The fraction of sp³-hybridized carbons (Fsp3) is 0.316. The maximum atomic E-state index is 14.4. The largest absolute Gasteiger partial charge is 0.501 e. The Morgan fingerprint density at radius 1 is 1.33 bits per heavy atom. The number of halogens is 1. The first-order valence-corrected chi connectivity index (χ1v) is 9.19. The van der Waals surface area contributed by atoms with Crippen LogP contribution in [0.1, 0.15) is 35.7 Å². The Morgan fingerprint density at radius 2 is 2.07 bits per heavy atom. The van der Waals surface area contributed by atoms with Gasteiger partial charge in [0, 0.05) is 18.2 Å². The molecule has 3 aromatic rings. The van der Waals surface area contributed by atoms with Gasteiger partial charge >= 0.3 is 0 Å². The summed E-state index contributed by atoms with van der Waals surface area (Å²) in [5.74, 6) is -1.88. The maximum Gasteiger partial charge on any atom is 0.296 e. The average molecular weight is 414 g/mol. The van der Waals surface area contributed by atoms with Gasteiger partial charge in [-0.25, -0.2) is 9.37 Å². The van der Waals surface area contributed by atoms with Crippen LogP contribution in [0.2, 0.25) is 0 Å². The molecule has 0 unspecified atom stereocenters. The van der Waals surface area contributed by atoms with E-state index in [9.17, 15) is 19.1 Å². The molecular formula is C19H19FN6O4. The Labute approximate surface area is 169 Å². The Kier molecular flexibility index (Phi) is 4.82. The van der Waals surface area contributed by atoms with Gasteiger partial charge in [0.25, 0.3) is 11.5 Å². The van der Waals surface area contributed by atoms with Crippen molar-refractivity contribution in [3.8, 4) is 11.4 Å². The van der Waals surface area contributed by atoms with E-state index in [-0.39, 0.29) is 31.1 Å². The van der Waals surface area contributed by atoms with Crippen molar-refractivity contribution in [3.05, 3.63) is 63.8 Å². The summed E-state index contributed by atoms with van der Waals surface area (Å²) in [6.45, 7) is 3.78. The van der Waals surface area contributed by atoms with Crippen molar-refractivity contribution in [2.75, 3.05) is 6.61 Å². The first-order valence-electron chi connectivity index (χ1n) is 9.19. The number of hydrogen-bond acceptors (Lipinski definition) is 7. The summed E-state index contributed by atoms with van der Waals surface area (Å²) in [6, 6.07) is 4.33. The second-order valence-electron chi connectivity index (χ2n) is 7.23. The van der Waals surface area contributed by atoms with E-state index in [0.717, 1.165) is 0 Å². The summed E-state index contributed by atoms with van der Waals surface area (Å²) in [4.78, 5) is 30.5. The number of hydrogen-bond donors (Lipinski definition) is 2. The molecule has 0 saturated carbocycles. The van der Waals surface area contributed by atoms with Crippen LogP contribution in [-0.2, 0) is 23.4 Å². The van der Waals surface area contributed by atoms with Gasteiger partial charge in [-0.1, -0.05) is 6.07 Å². The molecule has 0 aliphatic carbocycles.